The molecule has 0 aliphatic heterocycles. The van der Waals surface area contributed by atoms with Gasteiger partial charge in [-0.15, -0.1) is 0 Å². The summed E-state index contributed by atoms with van der Waals surface area (Å²) < 4.78 is 5.03. The van der Waals surface area contributed by atoms with Crippen molar-refractivity contribution in [1.82, 2.24) is 10.6 Å². The average Bonchev–Trinajstić information content (AvgIpc) is 2.68. The summed E-state index contributed by atoms with van der Waals surface area (Å²) in [6.45, 7) is 3.28. The van der Waals surface area contributed by atoms with E-state index in [0.29, 0.717) is 5.56 Å². The Hall–Kier alpha value is -3.14. The van der Waals surface area contributed by atoms with Crippen molar-refractivity contribution >= 4 is 24.0 Å². The van der Waals surface area contributed by atoms with Crippen molar-refractivity contribution in [2.75, 3.05) is 0 Å². The van der Waals surface area contributed by atoms with Crippen LogP contribution >= 0.6 is 0 Å². The van der Waals surface area contributed by atoms with Gasteiger partial charge >= 0.3 is 12.0 Å². The largest absolute Gasteiger partial charge is 0.448 e. The first-order chi connectivity index (χ1) is 13.4. The van der Waals surface area contributed by atoms with E-state index < -0.39 is 24.0 Å². The van der Waals surface area contributed by atoms with Gasteiger partial charge in [-0.05, 0) is 38.3 Å². The van der Waals surface area contributed by atoms with Crippen LogP contribution in [-0.4, -0.2) is 30.1 Å². The van der Waals surface area contributed by atoms with Crippen molar-refractivity contribution in [3.63, 3.8) is 0 Å². The van der Waals surface area contributed by atoms with Crippen LogP contribution in [0.4, 0.5) is 4.79 Å². The molecule has 28 heavy (non-hydrogen) atoms. The first-order valence-electron chi connectivity index (χ1n) is 9.40. The van der Waals surface area contributed by atoms with Gasteiger partial charge in [0, 0.05) is 6.04 Å². The maximum Gasteiger partial charge on any atom is 0.349 e. The molecule has 0 heterocycles. The smallest absolute Gasteiger partial charge is 0.349 e. The Labute approximate surface area is 164 Å². The first kappa shape index (κ1) is 21.2. The lowest BCUT2D eigenvalue weighted by molar-refractivity contribution is -0.150. The van der Waals surface area contributed by atoms with E-state index >= 15 is 0 Å². The van der Waals surface area contributed by atoms with Crippen molar-refractivity contribution in [1.29, 1.82) is 5.26 Å². The normalized spacial score (nSPS) is 15.8. The van der Waals surface area contributed by atoms with Crippen LogP contribution in [0, 0.1) is 18.3 Å². The van der Waals surface area contributed by atoms with Crippen LogP contribution in [0.25, 0.3) is 6.08 Å². The second kappa shape index (κ2) is 10.3. The van der Waals surface area contributed by atoms with Gasteiger partial charge in [0.2, 0.25) is 0 Å². The van der Waals surface area contributed by atoms with Gasteiger partial charge in [-0.2, -0.15) is 5.26 Å². The van der Waals surface area contributed by atoms with E-state index in [-0.39, 0.29) is 11.6 Å². The number of nitrogens with zero attached hydrogens (tertiary/aromatic N) is 1. The second-order valence-electron chi connectivity index (χ2n) is 6.93. The van der Waals surface area contributed by atoms with E-state index in [0.717, 1.165) is 37.7 Å². The first-order valence-corrected chi connectivity index (χ1v) is 9.40. The monoisotopic (exact) mass is 383 g/mol. The number of rotatable bonds is 5. The highest BCUT2D eigenvalue weighted by Gasteiger charge is 2.23. The number of nitriles is 1. The number of nitrogens with one attached hydrogen (secondary N) is 2. The molecule has 0 unspecified atom stereocenters. The summed E-state index contributed by atoms with van der Waals surface area (Å²) in [5.41, 5.74) is 1.49. The van der Waals surface area contributed by atoms with Gasteiger partial charge in [0.1, 0.15) is 11.6 Å². The predicted octanol–water partition coefficient (Wildman–Crippen LogP) is 2.99. The van der Waals surface area contributed by atoms with E-state index in [1.54, 1.807) is 18.2 Å². The number of benzene rings is 1. The lowest BCUT2D eigenvalue weighted by atomic mass is 9.96. The molecule has 1 atom stereocenters. The molecule has 1 aliphatic carbocycles. The molecule has 2 N–H and O–H groups in total. The fraction of sp³-hybridized carbons (Fsp3) is 0.429. The van der Waals surface area contributed by atoms with Gasteiger partial charge in [-0.1, -0.05) is 49.1 Å². The minimum Gasteiger partial charge on any atom is -0.448 e. The topological polar surface area (TPSA) is 108 Å². The summed E-state index contributed by atoms with van der Waals surface area (Å²) in [5, 5.41) is 14.1. The molecule has 0 saturated heterocycles. The maximum absolute atomic E-state index is 12.2. The third-order valence-corrected chi connectivity index (χ3v) is 4.56. The molecule has 7 heteroatoms. The van der Waals surface area contributed by atoms with Gasteiger partial charge in [0.15, 0.2) is 6.10 Å². The fourth-order valence-electron chi connectivity index (χ4n) is 2.93. The number of hydrogen-bond donors (Lipinski definition) is 2. The average molecular weight is 383 g/mol. The Bertz CT molecular complexity index is 787. The third-order valence-electron chi connectivity index (χ3n) is 4.56. The lowest BCUT2D eigenvalue weighted by Crippen LogP contribution is -2.48. The standard InChI is InChI=1S/C21H25N3O4/c1-14-8-10-16(11-9-14)12-17(13-22)20(26)28-15(2)19(25)24-21(27)23-18-6-4-3-5-7-18/h8-12,15,18H,3-7H2,1-2H3,(H2,23,24,25,27)/b17-12+/t15-/m1/s1. The number of ether oxygens (including phenoxy) is 1. The molecule has 0 aromatic heterocycles. The summed E-state index contributed by atoms with van der Waals surface area (Å²) in [6, 6.07) is 8.48. The summed E-state index contributed by atoms with van der Waals surface area (Å²) >= 11 is 0. The number of hydrogen-bond acceptors (Lipinski definition) is 5. The summed E-state index contributed by atoms with van der Waals surface area (Å²) in [7, 11) is 0. The predicted molar refractivity (Wildman–Crippen MR) is 104 cm³/mol. The molecule has 148 valence electrons. The molecule has 0 spiro atoms. The van der Waals surface area contributed by atoms with Crippen LogP contribution in [0.1, 0.15) is 50.2 Å². The quantitative estimate of drug-likeness (QED) is 0.462. The second-order valence-corrected chi connectivity index (χ2v) is 6.93. The minimum absolute atomic E-state index is 0.0574. The van der Waals surface area contributed by atoms with Crippen LogP contribution in [0.5, 0.6) is 0 Å². The van der Waals surface area contributed by atoms with Crippen molar-refractivity contribution in [3.05, 3.63) is 41.0 Å². The molecule has 0 bridgehead atoms. The zero-order valence-corrected chi connectivity index (χ0v) is 16.2. The van der Waals surface area contributed by atoms with Crippen LogP contribution < -0.4 is 10.6 Å². The number of carbonyl (C=O) groups excluding carboxylic acids is 3. The molecule has 1 aromatic rings. The number of aryl methyl sites for hydroxylation is 1. The highest BCUT2D eigenvalue weighted by molar-refractivity contribution is 6.01. The molecule has 1 aliphatic rings. The van der Waals surface area contributed by atoms with Crippen LogP contribution in [0.15, 0.2) is 29.8 Å². The third kappa shape index (κ3) is 6.54. The molecular formula is C21H25N3O4. The van der Waals surface area contributed by atoms with Crippen molar-refractivity contribution in [3.8, 4) is 6.07 Å². The summed E-state index contributed by atoms with van der Waals surface area (Å²) in [4.78, 5) is 36.2. The SMILES string of the molecule is Cc1ccc(/C=C(\C#N)C(=O)O[C@H](C)C(=O)NC(=O)NC2CCCCC2)cc1. The zero-order chi connectivity index (χ0) is 20.5. The molecule has 7 nitrogen and oxygen atoms in total. The van der Waals surface area contributed by atoms with E-state index in [9.17, 15) is 19.6 Å². The van der Waals surface area contributed by atoms with E-state index in [4.69, 9.17) is 4.74 Å². The van der Waals surface area contributed by atoms with Gasteiger partial charge in [-0.25, -0.2) is 9.59 Å². The van der Waals surface area contributed by atoms with Gasteiger partial charge in [-0.3, -0.25) is 10.1 Å². The Morgan fingerprint density at radius 1 is 1.18 bits per heavy atom. The van der Waals surface area contributed by atoms with Gasteiger partial charge in [0.05, 0.1) is 0 Å². The number of carbonyl (C=O) groups is 3. The van der Waals surface area contributed by atoms with Crippen molar-refractivity contribution in [2.45, 2.75) is 58.1 Å². The van der Waals surface area contributed by atoms with Gasteiger partial charge in [0.25, 0.3) is 5.91 Å². The van der Waals surface area contributed by atoms with Crippen LogP contribution in [0.3, 0.4) is 0 Å². The van der Waals surface area contributed by atoms with Crippen molar-refractivity contribution < 1.29 is 19.1 Å². The Balaban J connectivity index is 1.88. The number of esters is 1. The lowest BCUT2D eigenvalue weighted by Gasteiger charge is -2.23. The number of urea groups is 1. The maximum atomic E-state index is 12.2. The minimum atomic E-state index is -1.21. The molecular weight excluding hydrogens is 358 g/mol. The molecule has 0 radical (unpaired) electrons. The van der Waals surface area contributed by atoms with E-state index in [2.05, 4.69) is 10.6 Å². The molecule has 1 aromatic carbocycles. The van der Waals surface area contributed by atoms with Crippen molar-refractivity contribution in [2.24, 2.45) is 0 Å². The number of amides is 3. The number of imide groups is 1. The van der Waals surface area contributed by atoms with E-state index in [1.165, 1.54) is 13.0 Å². The Kier molecular flexibility index (Phi) is 7.76. The van der Waals surface area contributed by atoms with E-state index in [1.807, 2.05) is 19.1 Å². The summed E-state index contributed by atoms with van der Waals surface area (Å²) in [5.74, 6) is -1.66. The Morgan fingerprint density at radius 2 is 1.82 bits per heavy atom. The zero-order valence-electron chi connectivity index (χ0n) is 16.2. The Morgan fingerprint density at radius 3 is 2.43 bits per heavy atom. The highest BCUT2D eigenvalue weighted by atomic mass is 16.5. The molecule has 3 amide bonds. The highest BCUT2D eigenvalue weighted by Crippen LogP contribution is 2.17. The van der Waals surface area contributed by atoms with Crippen LogP contribution in [0.2, 0.25) is 0 Å². The molecule has 1 saturated carbocycles. The molecule has 1 fully saturated rings. The van der Waals surface area contributed by atoms with Crippen LogP contribution in [-0.2, 0) is 14.3 Å². The van der Waals surface area contributed by atoms with Gasteiger partial charge < -0.3 is 10.1 Å². The molecule has 2 rings (SSSR count). The summed E-state index contributed by atoms with van der Waals surface area (Å²) in [6.07, 6.45) is 5.22. The fourth-order valence-corrected chi connectivity index (χ4v) is 2.93.